The van der Waals surface area contributed by atoms with Gasteiger partial charge in [0.05, 0.1) is 0 Å². The number of hydrogen-bond acceptors (Lipinski definition) is 2. The largest absolute Gasteiger partial charge is 0.354 e. The van der Waals surface area contributed by atoms with E-state index in [2.05, 4.69) is 24.1 Å². The number of hydrogen-bond donors (Lipinski definition) is 1. The van der Waals surface area contributed by atoms with Gasteiger partial charge in [0.1, 0.15) is 0 Å². The molecule has 0 atom stereocenters. The van der Waals surface area contributed by atoms with Crippen LogP contribution in [-0.4, -0.2) is 36.5 Å². The fourth-order valence-electron chi connectivity index (χ4n) is 3.22. The minimum Gasteiger partial charge on any atom is -0.354 e. The minimum atomic E-state index is 0.125. The van der Waals surface area contributed by atoms with Gasteiger partial charge >= 0.3 is 0 Å². The molecule has 112 valence electrons. The first-order valence-corrected chi connectivity index (χ1v) is 8.15. The third kappa shape index (κ3) is 6.95. The van der Waals surface area contributed by atoms with Crippen LogP contribution in [0.2, 0.25) is 0 Å². The summed E-state index contributed by atoms with van der Waals surface area (Å²) in [6, 6.07) is 0.441. The molecule has 0 unspecified atom stereocenters. The summed E-state index contributed by atoms with van der Waals surface area (Å²) in [5.41, 5.74) is 0. The average molecular weight is 268 g/mol. The second-order valence-corrected chi connectivity index (χ2v) is 6.05. The van der Waals surface area contributed by atoms with Gasteiger partial charge in [-0.2, -0.15) is 0 Å². The molecule has 1 aliphatic carbocycles. The Labute approximate surface area is 119 Å². The second-order valence-electron chi connectivity index (χ2n) is 6.05. The third-order valence-corrected chi connectivity index (χ3v) is 4.19. The maximum atomic E-state index is 11.0. The first-order chi connectivity index (χ1) is 9.15. The maximum absolute atomic E-state index is 11.0. The lowest BCUT2D eigenvalue weighted by Gasteiger charge is -2.30. The zero-order valence-corrected chi connectivity index (χ0v) is 13.1. The van der Waals surface area contributed by atoms with Gasteiger partial charge in [-0.1, -0.05) is 13.8 Å². The van der Waals surface area contributed by atoms with E-state index in [-0.39, 0.29) is 5.91 Å². The molecule has 1 aliphatic rings. The number of carbonyl (C=O) groups excluding carboxylic acids is 1. The molecule has 0 aromatic carbocycles. The van der Waals surface area contributed by atoms with Crippen molar-refractivity contribution in [3.05, 3.63) is 0 Å². The van der Waals surface area contributed by atoms with Crippen molar-refractivity contribution in [1.29, 1.82) is 0 Å². The molecule has 0 aromatic heterocycles. The summed E-state index contributed by atoms with van der Waals surface area (Å²) in [4.78, 5) is 13.6. The summed E-state index contributed by atoms with van der Waals surface area (Å²) in [5, 5.41) is 3.06. The first kappa shape index (κ1) is 16.5. The summed E-state index contributed by atoms with van der Waals surface area (Å²) >= 11 is 0. The van der Waals surface area contributed by atoms with Crippen molar-refractivity contribution >= 4 is 5.91 Å². The Bertz CT molecular complexity index is 241. The summed E-state index contributed by atoms with van der Waals surface area (Å²) < 4.78 is 0. The van der Waals surface area contributed by atoms with Crippen molar-refractivity contribution in [1.82, 2.24) is 10.2 Å². The van der Waals surface area contributed by atoms with Crippen LogP contribution >= 0.6 is 0 Å². The van der Waals surface area contributed by atoms with Crippen molar-refractivity contribution in [2.75, 3.05) is 19.6 Å². The molecule has 0 heterocycles. The van der Waals surface area contributed by atoms with Crippen LogP contribution in [0.15, 0.2) is 0 Å². The van der Waals surface area contributed by atoms with Crippen molar-refractivity contribution in [2.24, 2.45) is 5.92 Å². The lowest BCUT2D eigenvalue weighted by molar-refractivity contribution is -0.119. The van der Waals surface area contributed by atoms with Crippen molar-refractivity contribution in [3.8, 4) is 0 Å². The Morgan fingerprint density at radius 3 is 2.11 bits per heavy atom. The summed E-state index contributed by atoms with van der Waals surface area (Å²) in [6.45, 7) is 9.91. The molecule has 0 saturated heterocycles. The van der Waals surface area contributed by atoms with Gasteiger partial charge in [0.25, 0.3) is 0 Å². The van der Waals surface area contributed by atoms with E-state index >= 15 is 0 Å². The van der Waals surface area contributed by atoms with E-state index in [1.807, 2.05) is 0 Å². The minimum absolute atomic E-state index is 0.125. The number of nitrogens with zero attached hydrogens (tertiary/aromatic N) is 1. The van der Waals surface area contributed by atoms with Gasteiger partial charge in [-0.25, -0.2) is 0 Å². The molecule has 3 nitrogen and oxygen atoms in total. The fourth-order valence-corrected chi connectivity index (χ4v) is 3.22. The molecule has 19 heavy (non-hydrogen) atoms. The van der Waals surface area contributed by atoms with E-state index in [1.165, 1.54) is 64.6 Å². The summed E-state index contributed by atoms with van der Waals surface area (Å²) in [5.74, 6) is 1.00. The zero-order chi connectivity index (χ0) is 14.1. The average Bonchev–Trinajstić information content (AvgIpc) is 2.37. The third-order valence-electron chi connectivity index (χ3n) is 4.19. The molecule has 1 fully saturated rings. The molecule has 1 amide bonds. The van der Waals surface area contributed by atoms with E-state index in [0.717, 1.165) is 5.92 Å². The molecule has 0 spiro atoms. The van der Waals surface area contributed by atoms with E-state index in [4.69, 9.17) is 0 Å². The second kappa shape index (κ2) is 9.35. The maximum Gasteiger partial charge on any atom is 0.217 e. The van der Waals surface area contributed by atoms with Crippen LogP contribution in [-0.2, 0) is 4.79 Å². The van der Waals surface area contributed by atoms with Gasteiger partial charge in [0, 0.05) is 13.0 Å². The Balaban J connectivity index is 2.19. The monoisotopic (exact) mass is 268 g/mol. The highest BCUT2D eigenvalue weighted by Gasteiger charge is 2.21. The van der Waals surface area contributed by atoms with Gasteiger partial charge in [0.15, 0.2) is 0 Å². The van der Waals surface area contributed by atoms with Crippen LogP contribution in [0.4, 0.5) is 0 Å². The van der Waals surface area contributed by atoms with Crippen LogP contribution in [0.5, 0.6) is 0 Å². The number of nitrogens with one attached hydrogen (secondary N) is 1. The lowest BCUT2D eigenvalue weighted by Crippen LogP contribution is -2.37. The molecule has 0 bridgehead atoms. The van der Waals surface area contributed by atoms with E-state index in [1.54, 1.807) is 6.92 Å². The standard InChI is InChI=1S/C16H32N2O/c1-4-11-18(12-5-2)13-10-15-6-8-16(9-7-15)17-14(3)19/h15-16H,4-13H2,1-3H3,(H,17,19). The van der Waals surface area contributed by atoms with Gasteiger partial charge in [-0.05, 0) is 70.5 Å². The highest BCUT2D eigenvalue weighted by molar-refractivity contribution is 5.73. The Hall–Kier alpha value is -0.570. The van der Waals surface area contributed by atoms with E-state index < -0.39 is 0 Å². The highest BCUT2D eigenvalue weighted by atomic mass is 16.1. The molecular formula is C16H32N2O. The van der Waals surface area contributed by atoms with Gasteiger partial charge < -0.3 is 10.2 Å². The van der Waals surface area contributed by atoms with Crippen molar-refractivity contribution in [3.63, 3.8) is 0 Å². The van der Waals surface area contributed by atoms with Crippen molar-refractivity contribution in [2.45, 2.75) is 71.8 Å². The Morgan fingerprint density at radius 1 is 1.05 bits per heavy atom. The molecule has 1 saturated carbocycles. The van der Waals surface area contributed by atoms with Crippen LogP contribution < -0.4 is 5.32 Å². The van der Waals surface area contributed by atoms with Crippen LogP contribution in [0.1, 0.15) is 65.7 Å². The highest BCUT2D eigenvalue weighted by Crippen LogP contribution is 2.27. The Kier molecular flexibility index (Phi) is 8.11. The van der Waals surface area contributed by atoms with Crippen molar-refractivity contribution < 1.29 is 4.79 Å². The fraction of sp³-hybridized carbons (Fsp3) is 0.938. The number of amides is 1. The lowest BCUT2D eigenvalue weighted by atomic mass is 9.84. The quantitative estimate of drug-likeness (QED) is 0.733. The topological polar surface area (TPSA) is 32.3 Å². The van der Waals surface area contributed by atoms with E-state index in [0.29, 0.717) is 6.04 Å². The molecule has 3 heteroatoms. The number of rotatable bonds is 8. The smallest absolute Gasteiger partial charge is 0.217 e. The van der Waals surface area contributed by atoms with Gasteiger partial charge in [-0.15, -0.1) is 0 Å². The SMILES string of the molecule is CCCN(CCC)CCC1CCC(NC(C)=O)CC1. The molecular weight excluding hydrogens is 236 g/mol. The predicted molar refractivity (Wildman–Crippen MR) is 81.2 cm³/mol. The van der Waals surface area contributed by atoms with Gasteiger partial charge in [-0.3, -0.25) is 4.79 Å². The summed E-state index contributed by atoms with van der Waals surface area (Å²) in [6.07, 6.45) is 8.78. The van der Waals surface area contributed by atoms with Crippen LogP contribution in [0.3, 0.4) is 0 Å². The normalized spacial score (nSPS) is 23.6. The van der Waals surface area contributed by atoms with Gasteiger partial charge in [0.2, 0.25) is 5.91 Å². The molecule has 0 radical (unpaired) electrons. The molecule has 1 rings (SSSR count). The van der Waals surface area contributed by atoms with E-state index in [9.17, 15) is 4.79 Å². The predicted octanol–water partition coefficient (Wildman–Crippen LogP) is 3.19. The Morgan fingerprint density at radius 2 is 1.63 bits per heavy atom. The molecule has 0 aliphatic heterocycles. The van der Waals surface area contributed by atoms with Crippen LogP contribution in [0, 0.1) is 5.92 Å². The van der Waals surface area contributed by atoms with Crippen LogP contribution in [0.25, 0.3) is 0 Å². The molecule has 1 N–H and O–H groups in total. The molecule has 0 aromatic rings. The summed E-state index contributed by atoms with van der Waals surface area (Å²) in [7, 11) is 0. The zero-order valence-electron chi connectivity index (χ0n) is 13.1. The first-order valence-electron chi connectivity index (χ1n) is 8.15. The number of carbonyl (C=O) groups is 1.